The summed E-state index contributed by atoms with van der Waals surface area (Å²) in [5.41, 5.74) is 2.74. The van der Waals surface area contributed by atoms with Gasteiger partial charge in [0.15, 0.2) is 0 Å². The van der Waals surface area contributed by atoms with E-state index >= 15 is 0 Å². The minimum atomic E-state index is 0.420. The second-order valence-corrected chi connectivity index (χ2v) is 6.16. The van der Waals surface area contributed by atoms with E-state index in [2.05, 4.69) is 67.1 Å². The van der Waals surface area contributed by atoms with E-state index in [9.17, 15) is 0 Å². The van der Waals surface area contributed by atoms with Crippen LogP contribution in [0, 0.1) is 6.92 Å². The summed E-state index contributed by atoms with van der Waals surface area (Å²) in [5, 5.41) is 3.69. The van der Waals surface area contributed by atoms with Gasteiger partial charge in [0.2, 0.25) is 0 Å². The maximum Gasteiger partial charge on any atom is 0.0475 e. The highest BCUT2D eigenvalue weighted by molar-refractivity contribution is 5.25. The third-order valence-electron chi connectivity index (χ3n) is 4.77. The molecule has 0 radical (unpaired) electrons. The van der Waals surface area contributed by atoms with Crippen molar-refractivity contribution in [1.82, 2.24) is 15.1 Å². The topological polar surface area (TPSA) is 18.5 Å². The normalized spacial score (nSPS) is 20.4. The average molecular weight is 289 g/mol. The van der Waals surface area contributed by atoms with Crippen LogP contribution in [0.3, 0.4) is 0 Å². The minimum absolute atomic E-state index is 0.420. The van der Waals surface area contributed by atoms with Crippen LogP contribution >= 0.6 is 0 Å². The highest BCUT2D eigenvalue weighted by Crippen LogP contribution is 2.22. The SMILES string of the molecule is CCNC(c1ccc(C)cc1)C(C)N1CCN(CC)CC1. The first-order chi connectivity index (χ1) is 10.2. The molecule has 1 aliphatic heterocycles. The minimum Gasteiger partial charge on any atom is -0.309 e. The summed E-state index contributed by atoms with van der Waals surface area (Å²) in [7, 11) is 0. The quantitative estimate of drug-likeness (QED) is 0.868. The molecule has 0 amide bonds. The highest BCUT2D eigenvalue weighted by Gasteiger charge is 2.26. The maximum atomic E-state index is 3.69. The van der Waals surface area contributed by atoms with Crippen molar-refractivity contribution in [3.05, 3.63) is 35.4 Å². The number of piperazine rings is 1. The first-order valence-corrected chi connectivity index (χ1v) is 8.42. The molecule has 0 bridgehead atoms. The van der Waals surface area contributed by atoms with Gasteiger partial charge >= 0.3 is 0 Å². The van der Waals surface area contributed by atoms with Gasteiger partial charge in [-0.15, -0.1) is 0 Å². The van der Waals surface area contributed by atoms with Gasteiger partial charge < -0.3 is 10.2 Å². The van der Waals surface area contributed by atoms with Gasteiger partial charge in [-0.3, -0.25) is 4.90 Å². The molecule has 1 N–H and O–H groups in total. The third kappa shape index (κ3) is 4.29. The molecule has 1 fully saturated rings. The van der Waals surface area contributed by atoms with Gasteiger partial charge in [0.25, 0.3) is 0 Å². The van der Waals surface area contributed by atoms with Crippen molar-refractivity contribution < 1.29 is 0 Å². The molecule has 2 rings (SSSR count). The van der Waals surface area contributed by atoms with Crippen LogP contribution in [-0.2, 0) is 0 Å². The Labute approximate surface area is 130 Å². The molecule has 1 aliphatic rings. The monoisotopic (exact) mass is 289 g/mol. The van der Waals surface area contributed by atoms with E-state index in [0.29, 0.717) is 12.1 Å². The molecule has 1 aromatic rings. The zero-order valence-corrected chi connectivity index (χ0v) is 14.1. The Morgan fingerprint density at radius 2 is 1.67 bits per heavy atom. The molecular weight excluding hydrogens is 258 g/mol. The number of hydrogen-bond acceptors (Lipinski definition) is 3. The molecule has 0 aromatic heterocycles. The molecule has 1 aromatic carbocycles. The number of benzene rings is 1. The van der Waals surface area contributed by atoms with Crippen LogP contribution in [0.2, 0.25) is 0 Å². The maximum absolute atomic E-state index is 3.69. The lowest BCUT2D eigenvalue weighted by Gasteiger charge is -2.41. The largest absolute Gasteiger partial charge is 0.309 e. The molecule has 3 heteroatoms. The fraction of sp³-hybridized carbons (Fsp3) is 0.667. The van der Waals surface area contributed by atoms with E-state index in [1.807, 2.05) is 0 Å². The number of nitrogens with one attached hydrogen (secondary N) is 1. The van der Waals surface area contributed by atoms with E-state index in [0.717, 1.165) is 6.54 Å². The second-order valence-electron chi connectivity index (χ2n) is 6.16. The molecule has 0 spiro atoms. The fourth-order valence-electron chi connectivity index (χ4n) is 3.26. The predicted molar refractivity (Wildman–Crippen MR) is 90.7 cm³/mol. The van der Waals surface area contributed by atoms with Gasteiger partial charge in [-0.25, -0.2) is 0 Å². The third-order valence-corrected chi connectivity index (χ3v) is 4.77. The van der Waals surface area contributed by atoms with E-state index in [1.54, 1.807) is 0 Å². The molecule has 0 saturated carbocycles. The first-order valence-electron chi connectivity index (χ1n) is 8.42. The zero-order chi connectivity index (χ0) is 15.2. The lowest BCUT2D eigenvalue weighted by molar-refractivity contribution is 0.0887. The van der Waals surface area contributed by atoms with Crippen LogP contribution in [0.5, 0.6) is 0 Å². The van der Waals surface area contributed by atoms with Crippen molar-refractivity contribution in [2.75, 3.05) is 39.3 Å². The highest BCUT2D eigenvalue weighted by atomic mass is 15.3. The summed E-state index contributed by atoms with van der Waals surface area (Å²) in [6.45, 7) is 15.9. The Bertz CT molecular complexity index is 407. The lowest BCUT2D eigenvalue weighted by Crippen LogP contribution is -2.52. The fourth-order valence-corrected chi connectivity index (χ4v) is 3.26. The van der Waals surface area contributed by atoms with Crippen LogP contribution in [0.4, 0.5) is 0 Å². The summed E-state index contributed by atoms with van der Waals surface area (Å²) in [5.74, 6) is 0. The number of likely N-dealkylation sites (N-methyl/N-ethyl adjacent to an activating group) is 2. The standard InChI is InChI=1S/C18H31N3/c1-5-19-18(17-9-7-15(3)8-10-17)16(4)21-13-11-20(6-2)12-14-21/h7-10,16,18-19H,5-6,11-14H2,1-4H3. The van der Waals surface area contributed by atoms with Gasteiger partial charge in [0.1, 0.15) is 0 Å². The van der Waals surface area contributed by atoms with E-state index in [4.69, 9.17) is 0 Å². The summed E-state index contributed by atoms with van der Waals surface area (Å²) in [6, 6.07) is 9.96. The molecular formula is C18H31N3. The summed E-state index contributed by atoms with van der Waals surface area (Å²) >= 11 is 0. The molecule has 1 heterocycles. The summed E-state index contributed by atoms with van der Waals surface area (Å²) < 4.78 is 0. The zero-order valence-electron chi connectivity index (χ0n) is 14.1. The lowest BCUT2D eigenvalue weighted by atomic mass is 9.97. The van der Waals surface area contributed by atoms with E-state index in [1.165, 1.54) is 43.9 Å². The van der Waals surface area contributed by atoms with Crippen molar-refractivity contribution in [2.45, 2.75) is 39.8 Å². The van der Waals surface area contributed by atoms with Crippen molar-refractivity contribution in [2.24, 2.45) is 0 Å². The molecule has 21 heavy (non-hydrogen) atoms. The Balaban J connectivity index is 2.05. The second kappa shape index (κ2) is 7.92. The van der Waals surface area contributed by atoms with Crippen LogP contribution in [-0.4, -0.2) is 55.1 Å². The van der Waals surface area contributed by atoms with Crippen LogP contribution < -0.4 is 5.32 Å². The molecule has 118 valence electrons. The summed E-state index contributed by atoms with van der Waals surface area (Å²) in [6.07, 6.45) is 0. The Kier molecular flexibility index (Phi) is 6.22. The summed E-state index contributed by atoms with van der Waals surface area (Å²) in [4.78, 5) is 5.18. The van der Waals surface area contributed by atoms with Crippen molar-refractivity contribution in [3.63, 3.8) is 0 Å². The van der Waals surface area contributed by atoms with E-state index in [-0.39, 0.29) is 0 Å². The number of nitrogens with zero attached hydrogens (tertiary/aromatic N) is 2. The van der Waals surface area contributed by atoms with Crippen molar-refractivity contribution in [1.29, 1.82) is 0 Å². The van der Waals surface area contributed by atoms with Crippen molar-refractivity contribution in [3.8, 4) is 0 Å². The van der Waals surface area contributed by atoms with Gasteiger partial charge in [-0.05, 0) is 32.5 Å². The average Bonchev–Trinajstić information content (AvgIpc) is 2.53. The molecule has 1 saturated heterocycles. The van der Waals surface area contributed by atoms with Gasteiger partial charge in [0.05, 0.1) is 0 Å². The molecule has 2 atom stereocenters. The molecule has 2 unspecified atom stereocenters. The van der Waals surface area contributed by atoms with Crippen LogP contribution in [0.15, 0.2) is 24.3 Å². The Hall–Kier alpha value is -0.900. The number of rotatable bonds is 6. The Morgan fingerprint density at radius 3 is 2.19 bits per heavy atom. The van der Waals surface area contributed by atoms with Crippen LogP contribution in [0.1, 0.15) is 37.9 Å². The molecule has 0 aliphatic carbocycles. The Morgan fingerprint density at radius 1 is 1.05 bits per heavy atom. The van der Waals surface area contributed by atoms with Crippen molar-refractivity contribution >= 4 is 0 Å². The first kappa shape index (κ1) is 16.5. The van der Waals surface area contributed by atoms with Gasteiger partial charge in [-0.2, -0.15) is 0 Å². The van der Waals surface area contributed by atoms with Crippen LogP contribution in [0.25, 0.3) is 0 Å². The van der Waals surface area contributed by atoms with Gasteiger partial charge in [-0.1, -0.05) is 43.7 Å². The van der Waals surface area contributed by atoms with E-state index < -0.39 is 0 Å². The number of aryl methyl sites for hydroxylation is 1. The number of hydrogen-bond donors (Lipinski definition) is 1. The molecule has 3 nitrogen and oxygen atoms in total. The smallest absolute Gasteiger partial charge is 0.0475 e. The predicted octanol–water partition coefficient (Wildman–Crippen LogP) is 2.67. The van der Waals surface area contributed by atoms with Gasteiger partial charge in [0, 0.05) is 38.3 Å².